The number of ether oxygens (including phenoxy) is 3. The quantitative estimate of drug-likeness (QED) is 0.474. The highest BCUT2D eigenvalue weighted by atomic mass is 16.5. The van der Waals surface area contributed by atoms with Crippen molar-refractivity contribution in [3.63, 3.8) is 0 Å². The number of esters is 1. The van der Waals surface area contributed by atoms with Gasteiger partial charge in [0, 0.05) is 6.07 Å². The number of rotatable bonds is 6. The molecule has 0 N–H and O–H groups in total. The van der Waals surface area contributed by atoms with Crippen LogP contribution in [0.4, 0.5) is 0 Å². The molecule has 0 spiro atoms. The molecule has 4 nitrogen and oxygen atoms in total. The smallest absolute Gasteiger partial charge is 0.343 e. The number of aryl methyl sites for hydroxylation is 1. The molecular weight excluding hydrogens is 328 g/mol. The maximum Gasteiger partial charge on any atom is 0.343 e. The Hall–Kier alpha value is -3.27. The topological polar surface area (TPSA) is 44.8 Å². The second-order valence-electron chi connectivity index (χ2n) is 5.87. The fourth-order valence-corrected chi connectivity index (χ4v) is 2.44. The molecule has 0 aromatic heterocycles. The van der Waals surface area contributed by atoms with Crippen LogP contribution in [0, 0.1) is 6.92 Å². The lowest BCUT2D eigenvalue weighted by molar-refractivity contribution is 0.0734. The highest BCUT2D eigenvalue weighted by Crippen LogP contribution is 2.20. The summed E-state index contributed by atoms with van der Waals surface area (Å²) in [6.45, 7) is 2.46. The maximum atomic E-state index is 12.2. The van der Waals surface area contributed by atoms with Crippen LogP contribution in [0.15, 0.2) is 72.8 Å². The van der Waals surface area contributed by atoms with Crippen LogP contribution in [0.25, 0.3) is 0 Å². The van der Waals surface area contributed by atoms with Crippen LogP contribution in [-0.2, 0) is 6.61 Å². The number of benzene rings is 3. The first kappa shape index (κ1) is 17.5. The Morgan fingerprint density at radius 3 is 2.27 bits per heavy atom. The van der Waals surface area contributed by atoms with Gasteiger partial charge in [0.25, 0.3) is 0 Å². The maximum absolute atomic E-state index is 12.2. The molecule has 3 aromatic carbocycles. The van der Waals surface area contributed by atoms with Gasteiger partial charge in [-0.2, -0.15) is 0 Å². The van der Waals surface area contributed by atoms with E-state index in [1.165, 1.54) is 0 Å². The van der Waals surface area contributed by atoms with Crippen molar-refractivity contribution in [1.29, 1.82) is 0 Å². The SMILES string of the molecule is COc1cccc(OC(=O)c2ccc(COc3cccc(C)c3)cc2)c1. The molecule has 132 valence electrons. The Balaban J connectivity index is 1.60. The largest absolute Gasteiger partial charge is 0.497 e. The van der Waals surface area contributed by atoms with Crippen molar-refractivity contribution < 1.29 is 19.0 Å². The van der Waals surface area contributed by atoms with E-state index in [2.05, 4.69) is 0 Å². The second-order valence-corrected chi connectivity index (χ2v) is 5.87. The van der Waals surface area contributed by atoms with Gasteiger partial charge >= 0.3 is 5.97 Å². The normalized spacial score (nSPS) is 10.2. The molecule has 0 aliphatic carbocycles. The van der Waals surface area contributed by atoms with Crippen molar-refractivity contribution in [1.82, 2.24) is 0 Å². The number of hydrogen-bond donors (Lipinski definition) is 0. The van der Waals surface area contributed by atoms with Gasteiger partial charge in [-0.3, -0.25) is 0 Å². The van der Waals surface area contributed by atoms with Crippen molar-refractivity contribution in [2.24, 2.45) is 0 Å². The summed E-state index contributed by atoms with van der Waals surface area (Å²) in [5.74, 6) is 1.50. The van der Waals surface area contributed by atoms with Crippen LogP contribution in [0.1, 0.15) is 21.5 Å². The number of carbonyl (C=O) groups is 1. The Bertz CT molecular complexity index is 885. The summed E-state index contributed by atoms with van der Waals surface area (Å²) in [5, 5.41) is 0. The first-order valence-corrected chi connectivity index (χ1v) is 8.29. The fraction of sp³-hybridized carbons (Fsp3) is 0.136. The summed E-state index contributed by atoms with van der Waals surface area (Å²) in [6, 6.07) is 22.0. The van der Waals surface area contributed by atoms with E-state index in [-0.39, 0.29) is 0 Å². The summed E-state index contributed by atoms with van der Waals surface area (Å²) < 4.78 is 16.3. The summed E-state index contributed by atoms with van der Waals surface area (Å²) in [7, 11) is 1.57. The van der Waals surface area contributed by atoms with Gasteiger partial charge in [-0.15, -0.1) is 0 Å². The van der Waals surface area contributed by atoms with E-state index in [9.17, 15) is 4.79 Å². The lowest BCUT2D eigenvalue weighted by atomic mass is 10.1. The highest BCUT2D eigenvalue weighted by Gasteiger charge is 2.09. The predicted molar refractivity (Wildman–Crippen MR) is 99.9 cm³/mol. The molecule has 0 saturated heterocycles. The molecule has 0 saturated carbocycles. The minimum absolute atomic E-state index is 0.413. The van der Waals surface area contributed by atoms with Gasteiger partial charge in [-0.05, 0) is 54.4 Å². The third-order valence-electron chi connectivity index (χ3n) is 3.84. The Kier molecular flexibility index (Phi) is 5.54. The van der Waals surface area contributed by atoms with Crippen LogP contribution in [0.3, 0.4) is 0 Å². The van der Waals surface area contributed by atoms with Crippen molar-refractivity contribution in [2.75, 3.05) is 7.11 Å². The average molecular weight is 348 g/mol. The van der Waals surface area contributed by atoms with E-state index in [1.807, 2.05) is 43.3 Å². The molecule has 0 radical (unpaired) electrons. The van der Waals surface area contributed by atoms with E-state index in [1.54, 1.807) is 43.5 Å². The lowest BCUT2D eigenvalue weighted by Crippen LogP contribution is -2.08. The molecule has 0 bridgehead atoms. The van der Waals surface area contributed by atoms with Gasteiger partial charge in [-0.1, -0.05) is 30.3 Å². The zero-order valence-electron chi connectivity index (χ0n) is 14.8. The number of hydrogen-bond acceptors (Lipinski definition) is 4. The van der Waals surface area contributed by atoms with E-state index >= 15 is 0 Å². The predicted octanol–water partition coefficient (Wildman–Crippen LogP) is 4.80. The van der Waals surface area contributed by atoms with Crippen LogP contribution in [0.5, 0.6) is 17.2 Å². The van der Waals surface area contributed by atoms with Crippen molar-refractivity contribution in [3.8, 4) is 17.2 Å². The van der Waals surface area contributed by atoms with Gasteiger partial charge in [0.2, 0.25) is 0 Å². The third kappa shape index (κ3) is 4.63. The Morgan fingerprint density at radius 1 is 0.846 bits per heavy atom. The van der Waals surface area contributed by atoms with Gasteiger partial charge in [-0.25, -0.2) is 4.79 Å². The minimum Gasteiger partial charge on any atom is -0.497 e. The van der Waals surface area contributed by atoms with E-state index in [0.29, 0.717) is 23.7 Å². The molecule has 3 rings (SSSR count). The monoisotopic (exact) mass is 348 g/mol. The van der Waals surface area contributed by atoms with Crippen LogP contribution in [0.2, 0.25) is 0 Å². The fourth-order valence-electron chi connectivity index (χ4n) is 2.44. The molecule has 0 amide bonds. The summed E-state index contributed by atoms with van der Waals surface area (Å²) in [5.41, 5.74) is 2.61. The standard InChI is InChI=1S/C22H20O4/c1-16-5-3-7-20(13-16)25-15-17-9-11-18(12-10-17)22(23)26-21-8-4-6-19(14-21)24-2/h3-14H,15H2,1-2H3. The molecular formula is C22H20O4. The van der Waals surface area contributed by atoms with Crippen molar-refractivity contribution in [3.05, 3.63) is 89.5 Å². The van der Waals surface area contributed by atoms with E-state index < -0.39 is 5.97 Å². The zero-order chi connectivity index (χ0) is 18.4. The van der Waals surface area contributed by atoms with Gasteiger partial charge in [0.15, 0.2) is 0 Å². The first-order chi connectivity index (χ1) is 12.6. The Labute approximate surface area is 153 Å². The second kappa shape index (κ2) is 8.21. The average Bonchev–Trinajstić information content (AvgIpc) is 2.67. The molecule has 0 heterocycles. The third-order valence-corrected chi connectivity index (χ3v) is 3.84. The number of carbonyl (C=O) groups excluding carboxylic acids is 1. The van der Waals surface area contributed by atoms with Gasteiger partial charge < -0.3 is 14.2 Å². The molecule has 0 aliphatic rings. The van der Waals surface area contributed by atoms with Crippen LogP contribution < -0.4 is 14.2 Å². The van der Waals surface area contributed by atoms with Crippen molar-refractivity contribution >= 4 is 5.97 Å². The molecule has 4 heteroatoms. The summed E-state index contributed by atoms with van der Waals surface area (Å²) in [4.78, 5) is 12.2. The molecule has 0 aliphatic heterocycles. The number of methoxy groups -OCH3 is 1. The van der Waals surface area contributed by atoms with Crippen LogP contribution >= 0.6 is 0 Å². The van der Waals surface area contributed by atoms with Gasteiger partial charge in [0.1, 0.15) is 23.9 Å². The highest BCUT2D eigenvalue weighted by molar-refractivity contribution is 5.91. The van der Waals surface area contributed by atoms with Crippen LogP contribution in [-0.4, -0.2) is 13.1 Å². The summed E-state index contributed by atoms with van der Waals surface area (Å²) in [6.07, 6.45) is 0. The van der Waals surface area contributed by atoms with E-state index in [4.69, 9.17) is 14.2 Å². The first-order valence-electron chi connectivity index (χ1n) is 8.29. The molecule has 26 heavy (non-hydrogen) atoms. The van der Waals surface area contributed by atoms with Gasteiger partial charge in [0.05, 0.1) is 12.7 Å². The lowest BCUT2D eigenvalue weighted by Gasteiger charge is -2.08. The minimum atomic E-state index is -0.413. The molecule has 0 fully saturated rings. The molecule has 0 atom stereocenters. The molecule has 3 aromatic rings. The van der Waals surface area contributed by atoms with Crippen molar-refractivity contribution in [2.45, 2.75) is 13.5 Å². The molecule has 0 unspecified atom stereocenters. The summed E-state index contributed by atoms with van der Waals surface area (Å²) >= 11 is 0. The Morgan fingerprint density at radius 2 is 1.54 bits per heavy atom. The zero-order valence-corrected chi connectivity index (χ0v) is 14.8. The van der Waals surface area contributed by atoms with E-state index in [0.717, 1.165) is 16.9 Å².